The van der Waals surface area contributed by atoms with Crippen LogP contribution in [0.1, 0.15) is 68.1 Å². The van der Waals surface area contributed by atoms with E-state index in [1.54, 1.807) is 0 Å². The molecule has 3 rings (SSSR count). The first-order chi connectivity index (χ1) is 12.8. The summed E-state index contributed by atoms with van der Waals surface area (Å²) >= 11 is 0. The van der Waals surface area contributed by atoms with E-state index in [-0.39, 0.29) is 43.1 Å². The second-order valence-electron chi connectivity index (χ2n) is 7.72. The SMILES string of the molecule is CNCCNC(=O)c1ccc(NC2CCCCC2)c(NC2CCCC2)c1.Cl.Cl.Cl. The molecule has 2 aliphatic carbocycles. The maximum Gasteiger partial charge on any atom is 0.251 e. The Morgan fingerprint density at radius 3 is 1.97 bits per heavy atom. The van der Waals surface area contributed by atoms with E-state index in [2.05, 4.69) is 27.3 Å². The molecule has 8 heteroatoms. The van der Waals surface area contributed by atoms with Gasteiger partial charge in [-0.3, -0.25) is 4.79 Å². The second kappa shape index (κ2) is 15.0. The molecule has 0 radical (unpaired) electrons. The van der Waals surface area contributed by atoms with Crippen LogP contribution in [0.25, 0.3) is 0 Å². The van der Waals surface area contributed by atoms with Crippen LogP contribution >= 0.6 is 37.2 Å². The van der Waals surface area contributed by atoms with E-state index in [9.17, 15) is 4.79 Å². The number of benzene rings is 1. The predicted molar refractivity (Wildman–Crippen MR) is 131 cm³/mol. The van der Waals surface area contributed by atoms with Gasteiger partial charge in [-0.2, -0.15) is 0 Å². The molecular weight excluding hydrogens is 431 g/mol. The molecule has 0 aliphatic heterocycles. The highest BCUT2D eigenvalue weighted by atomic mass is 35.5. The van der Waals surface area contributed by atoms with Crippen LogP contribution in [0, 0.1) is 0 Å². The van der Waals surface area contributed by atoms with Crippen molar-refractivity contribution in [3.63, 3.8) is 0 Å². The van der Waals surface area contributed by atoms with Gasteiger partial charge in [0.05, 0.1) is 11.4 Å². The predicted octanol–water partition coefficient (Wildman–Crippen LogP) is 5.00. The van der Waals surface area contributed by atoms with Crippen LogP contribution in [0.3, 0.4) is 0 Å². The van der Waals surface area contributed by atoms with Gasteiger partial charge in [0.2, 0.25) is 0 Å². The Hall–Kier alpha value is -0.880. The largest absolute Gasteiger partial charge is 0.381 e. The van der Waals surface area contributed by atoms with Gasteiger partial charge in [0.25, 0.3) is 5.91 Å². The van der Waals surface area contributed by atoms with Gasteiger partial charge < -0.3 is 21.3 Å². The fourth-order valence-electron chi connectivity index (χ4n) is 4.09. The summed E-state index contributed by atoms with van der Waals surface area (Å²) in [6, 6.07) is 7.14. The summed E-state index contributed by atoms with van der Waals surface area (Å²) in [5, 5.41) is 13.5. The minimum absolute atomic E-state index is 0. The lowest BCUT2D eigenvalue weighted by molar-refractivity contribution is 0.0954. The smallest absolute Gasteiger partial charge is 0.251 e. The van der Waals surface area contributed by atoms with Gasteiger partial charge in [0.1, 0.15) is 0 Å². The number of halogens is 3. The highest BCUT2D eigenvalue weighted by Crippen LogP contribution is 2.31. The van der Waals surface area contributed by atoms with Gasteiger partial charge in [-0.1, -0.05) is 32.1 Å². The Morgan fingerprint density at radius 1 is 0.828 bits per heavy atom. The Bertz CT molecular complexity index is 591. The zero-order chi connectivity index (χ0) is 18.2. The van der Waals surface area contributed by atoms with E-state index in [0.717, 1.165) is 23.5 Å². The van der Waals surface area contributed by atoms with Crippen LogP contribution in [0.4, 0.5) is 11.4 Å². The molecule has 0 aromatic heterocycles. The fourth-order valence-corrected chi connectivity index (χ4v) is 4.09. The van der Waals surface area contributed by atoms with Crippen LogP contribution < -0.4 is 21.3 Å². The highest BCUT2D eigenvalue weighted by molar-refractivity contribution is 5.96. The third-order valence-corrected chi connectivity index (χ3v) is 5.62. The third-order valence-electron chi connectivity index (χ3n) is 5.62. The molecule has 1 aromatic carbocycles. The molecule has 0 bridgehead atoms. The number of anilines is 2. The van der Waals surface area contributed by atoms with Crippen LogP contribution in [0.15, 0.2) is 18.2 Å². The summed E-state index contributed by atoms with van der Waals surface area (Å²) in [6.07, 6.45) is 11.5. The topological polar surface area (TPSA) is 65.2 Å². The lowest BCUT2D eigenvalue weighted by Crippen LogP contribution is -2.30. The van der Waals surface area contributed by atoms with Crippen molar-refractivity contribution in [2.75, 3.05) is 30.8 Å². The van der Waals surface area contributed by atoms with Crippen molar-refractivity contribution in [3.05, 3.63) is 23.8 Å². The Kier molecular flexibility index (Phi) is 14.5. The number of hydrogen-bond donors (Lipinski definition) is 4. The number of carbonyl (C=O) groups excluding carboxylic acids is 1. The zero-order valence-electron chi connectivity index (χ0n) is 17.3. The fraction of sp³-hybridized carbons (Fsp3) is 0.667. The van der Waals surface area contributed by atoms with Crippen LogP contribution in [0.2, 0.25) is 0 Å². The molecule has 5 nitrogen and oxygen atoms in total. The molecule has 1 amide bonds. The summed E-state index contributed by atoms with van der Waals surface area (Å²) in [7, 11) is 1.89. The molecule has 0 atom stereocenters. The minimum Gasteiger partial charge on any atom is -0.381 e. The monoisotopic (exact) mass is 466 g/mol. The summed E-state index contributed by atoms with van der Waals surface area (Å²) in [6.45, 7) is 1.42. The molecule has 0 unspecified atom stereocenters. The number of likely N-dealkylation sites (N-methyl/N-ethyl adjacent to an activating group) is 1. The van der Waals surface area contributed by atoms with E-state index in [0.29, 0.717) is 18.6 Å². The normalized spacial score (nSPS) is 16.7. The molecule has 0 spiro atoms. The van der Waals surface area contributed by atoms with Crippen molar-refractivity contribution in [3.8, 4) is 0 Å². The molecule has 29 heavy (non-hydrogen) atoms. The molecule has 2 saturated carbocycles. The average molecular weight is 468 g/mol. The van der Waals surface area contributed by atoms with Gasteiger partial charge in [-0.25, -0.2) is 0 Å². The number of nitrogens with one attached hydrogen (secondary N) is 4. The number of carbonyl (C=O) groups is 1. The van der Waals surface area contributed by atoms with Crippen molar-refractivity contribution >= 4 is 54.5 Å². The summed E-state index contributed by atoms with van der Waals surface area (Å²) in [5.74, 6) is -0.000983. The minimum atomic E-state index is -0.000983. The van der Waals surface area contributed by atoms with Crippen LogP contribution in [0.5, 0.6) is 0 Å². The van der Waals surface area contributed by atoms with Crippen molar-refractivity contribution in [1.29, 1.82) is 0 Å². The van der Waals surface area contributed by atoms with E-state index in [4.69, 9.17) is 0 Å². The van der Waals surface area contributed by atoms with Gasteiger partial charge in [0, 0.05) is 30.7 Å². The molecular formula is C21H37Cl3N4O. The lowest BCUT2D eigenvalue weighted by Gasteiger charge is -2.26. The molecule has 2 aliphatic rings. The molecule has 1 aromatic rings. The lowest BCUT2D eigenvalue weighted by atomic mass is 9.95. The van der Waals surface area contributed by atoms with Gasteiger partial charge in [0.15, 0.2) is 0 Å². The van der Waals surface area contributed by atoms with E-state index < -0.39 is 0 Å². The first-order valence-corrected chi connectivity index (χ1v) is 10.4. The first kappa shape index (κ1) is 28.1. The molecule has 0 saturated heterocycles. The molecule has 2 fully saturated rings. The average Bonchev–Trinajstić information content (AvgIpc) is 3.17. The van der Waals surface area contributed by atoms with Crippen LogP contribution in [-0.2, 0) is 0 Å². The van der Waals surface area contributed by atoms with Gasteiger partial charge >= 0.3 is 0 Å². The molecule has 0 heterocycles. The van der Waals surface area contributed by atoms with E-state index >= 15 is 0 Å². The third kappa shape index (κ3) is 8.79. The maximum atomic E-state index is 12.4. The summed E-state index contributed by atoms with van der Waals surface area (Å²) < 4.78 is 0. The summed E-state index contributed by atoms with van der Waals surface area (Å²) in [5.41, 5.74) is 2.97. The Labute approximate surface area is 194 Å². The quantitative estimate of drug-likeness (QED) is 0.406. The summed E-state index contributed by atoms with van der Waals surface area (Å²) in [4.78, 5) is 12.4. The number of rotatable bonds is 8. The van der Waals surface area contributed by atoms with Crippen LogP contribution in [-0.4, -0.2) is 38.1 Å². The Morgan fingerprint density at radius 2 is 1.38 bits per heavy atom. The standard InChI is InChI=1S/C21H34N4O.3ClH/c1-22-13-14-23-21(26)16-11-12-19(24-17-7-3-2-4-8-17)20(15-16)25-18-9-5-6-10-18;;;/h11-12,15,17-18,22,24-25H,2-10,13-14H2,1H3,(H,23,26);3*1H. The van der Waals surface area contributed by atoms with Gasteiger partial charge in [-0.05, 0) is 50.9 Å². The Balaban J connectivity index is 0.00000261. The zero-order valence-corrected chi connectivity index (χ0v) is 19.7. The number of amides is 1. The van der Waals surface area contributed by atoms with E-state index in [1.165, 1.54) is 57.8 Å². The van der Waals surface area contributed by atoms with Crippen molar-refractivity contribution < 1.29 is 4.79 Å². The maximum absolute atomic E-state index is 12.4. The van der Waals surface area contributed by atoms with Crippen molar-refractivity contribution in [1.82, 2.24) is 10.6 Å². The number of hydrogen-bond acceptors (Lipinski definition) is 4. The first-order valence-electron chi connectivity index (χ1n) is 10.4. The van der Waals surface area contributed by atoms with E-state index in [1.807, 2.05) is 19.2 Å². The van der Waals surface area contributed by atoms with Gasteiger partial charge in [-0.15, -0.1) is 37.2 Å². The molecule has 168 valence electrons. The second-order valence-corrected chi connectivity index (χ2v) is 7.72. The molecule has 4 N–H and O–H groups in total. The van der Waals surface area contributed by atoms with Crippen molar-refractivity contribution in [2.45, 2.75) is 69.9 Å². The highest BCUT2D eigenvalue weighted by Gasteiger charge is 2.19. The van der Waals surface area contributed by atoms with Crippen molar-refractivity contribution in [2.24, 2.45) is 0 Å².